The normalized spacial score (nSPS) is 16.7. The fraction of sp³-hybridized carbons (Fsp3) is 0.588. The summed E-state index contributed by atoms with van der Waals surface area (Å²) in [6, 6.07) is 5.56. The Morgan fingerprint density at radius 2 is 2.09 bits per heavy atom. The van der Waals surface area contributed by atoms with E-state index >= 15 is 0 Å². The zero-order valence-corrected chi connectivity index (χ0v) is 14.2. The molecule has 1 saturated heterocycles. The van der Waals surface area contributed by atoms with Gasteiger partial charge in [-0.05, 0) is 69.6 Å². The van der Waals surface area contributed by atoms with Crippen LogP contribution in [0, 0.1) is 12.8 Å². The highest BCUT2D eigenvalue weighted by Gasteiger charge is 2.20. The van der Waals surface area contributed by atoms with Gasteiger partial charge in [-0.1, -0.05) is 24.6 Å². The number of nitrogens with zero attached hydrogens (tertiary/aromatic N) is 1. The zero-order chi connectivity index (χ0) is 15.9. The highest BCUT2D eigenvalue weighted by molar-refractivity contribution is 6.31. The molecule has 0 spiro atoms. The van der Waals surface area contributed by atoms with Crippen molar-refractivity contribution in [1.82, 2.24) is 10.2 Å². The van der Waals surface area contributed by atoms with Crippen LogP contribution >= 0.6 is 11.6 Å². The molecule has 1 aliphatic rings. The minimum absolute atomic E-state index is 0.0375. The lowest BCUT2D eigenvalue weighted by atomic mass is 9.97. The molecule has 5 heteroatoms. The maximum Gasteiger partial charge on any atom is 0.238 e. The van der Waals surface area contributed by atoms with E-state index in [0.717, 1.165) is 56.2 Å². The summed E-state index contributed by atoms with van der Waals surface area (Å²) in [4.78, 5) is 14.4. The van der Waals surface area contributed by atoms with E-state index in [0.29, 0.717) is 11.6 Å². The van der Waals surface area contributed by atoms with Crippen molar-refractivity contribution in [2.24, 2.45) is 5.92 Å². The summed E-state index contributed by atoms with van der Waals surface area (Å²) in [5.74, 6) is 0.782. The first-order valence-electron chi connectivity index (χ1n) is 8.07. The molecular formula is C17H26ClN3O. The fourth-order valence-electron chi connectivity index (χ4n) is 2.82. The highest BCUT2D eigenvalue weighted by atomic mass is 35.5. The van der Waals surface area contributed by atoms with Crippen LogP contribution in [0.5, 0.6) is 0 Å². The molecule has 22 heavy (non-hydrogen) atoms. The van der Waals surface area contributed by atoms with E-state index in [-0.39, 0.29) is 5.91 Å². The SMILES string of the molecule is CCNCC1CCN(CC(=O)Nc2cc(Cl)ccc2C)CC1. The van der Waals surface area contributed by atoms with Gasteiger partial charge >= 0.3 is 0 Å². The molecular weight excluding hydrogens is 298 g/mol. The van der Waals surface area contributed by atoms with Crippen molar-refractivity contribution in [1.29, 1.82) is 0 Å². The Morgan fingerprint density at radius 3 is 2.77 bits per heavy atom. The van der Waals surface area contributed by atoms with Crippen LogP contribution in [-0.2, 0) is 4.79 Å². The molecule has 2 N–H and O–H groups in total. The molecule has 0 aliphatic carbocycles. The van der Waals surface area contributed by atoms with Crippen molar-refractivity contribution in [3.8, 4) is 0 Å². The topological polar surface area (TPSA) is 44.4 Å². The maximum absolute atomic E-state index is 12.2. The number of carbonyl (C=O) groups is 1. The van der Waals surface area contributed by atoms with Crippen LogP contribution in [0.2, 0.25) is 5.02 Å². The van der Waals surface area contributed by atoms with E-state index in [1.165, 1.54) is 0 Å². The van der Waals surface area contributed by atoms with Gasteiger partial charge in [0.15, 0.2) is 0 Å². The summed E-state index contributed by atoms with van der Waals surface area (Å²) in [7, 11) is 0. The molecule has 0 aromatic heterocycles. The Hall–Kier alpha value is -1.10. The van der Waals surface area contributed by atoms with Crippen LogP contribution in [0.25, 0.3) is 0 Å². The monoisotopic (exact) mass is 323 g/mol. The van der Waals surface area contributed by atoms with Gasteiger partial charge < -0.3 is 10.6 Å². The highest BCUT2D eigenvalue weighted by Crippen LogP contribution is 2.20. The van der Waals surface area contributed by atoms with Gasteiger partial charge in [0.05, 0.1) is 6.54 Å². The molecule has 0 unspecified atom stereocenters. The minimum Gasteiger partial charge on any atom is -0.325 e. The molecule has 1 aromatic rings. The van der Waals surface area contributed by atoms with Crippen LogP contribution in [0.1, 0.15) is 25.3 Å². The number of hydrogen-bond acceptors (Lipinski definition) is 3. The molecule has 1 fully saturated rings. The van der Waals surface area contributed by atoms with Gasteiger partial charge in [-0.15, -0.1) is 0 Å². The van der Waals surface area contributed by atoms with Gasteiger partial charge in [-0.2, -0.15) is 0 Å². The first kappa shape index (κ1) is 17.3. The number of nitrogens with one attached hydrogen (secondary N) is 2. The number of hydrogen-bond donors (Lipinski definition) is 2. The molecule has 1 aliphatic heterocycles. The number of benzene rings is 1. The second-order valence-electron chi connectivity index (χ2n) is 6.03. The van der Waals surface area contributed by atoms with Gasteiger partial charge in [0.25, 0.3) is 0 Å². The van der Waals surface area contributed by atoms with E-state index in [2.05, 4.69) is 22.5 Å². The third kappa shape index (κ3) is 5.27. The van der Waals surface area contributed by atoms with E-state index in [9.17, 15) is 4.79 Å². The Balaban J connectivity index is 1.77. The lowest BCUT2D eigenvalue weighted by Crippen LogP contribution is -2.41. The van der Waals surface area contributed by atoms with Crippen LogP contribution in [0.15, 0.2) is 18.2 Å². The Labute approximate surface area is 138 Å². The lowest BCUT2D eigenvalue weighted by Gasteiger charge is -2.31. The molecule has 4 nitrogen and oxygen atoms in total. The summed E-state index contributed by atoms with van der Waals surface area (Å²) in [5, 5.41) is 7.02. The fourth-order valence-corrected chi connectivity index (χ4v) is 2.99. The summed E-state index contributed by atoms with van der Waals surface area (Å²) >= 11 is 5.98. The number of rotatable bonds is 6. The zero-order valence-electron chi connectivity index (χ0n) is 13.5. The number of piperidine rings is 1. The number of amides is 1. The number of halogens is 1. The molecule has 0 saturated carbocycles. The van der Waals surface area contributed by atoms with Crippen molar-refractivity contribution in [2.75, 3.05) is 38.0 Å². The largest absolute Gasteiger partial charge is 0.325 e. The Kier molecular flexibility index (Phi) is 6.68. The predicted octanol–water partition coefficient (Wildman–Crippen LogP) is 2.91. The molecule has 122 valence electrons. The first-order valence-corrected chi connectivity index (χ1v) is 8.45. The summed E-state index contributed by atoms with van der Waals surface area (Å²) in [5.41, 5.74) is 1.83. The molecule has 1 heterocycles. The third-order valence-corrected chi connectivity index (χ3v) is 4.47. The average Bonchev–Trinajstić information content (AvgIpc) is 2.50. The quantitative estimate of drug-likeness (QED) is 0.846. The molecule has 0 radical (unpaired) electrons. The second kappa shape index (κ2) is 8.51. The van der Waals surface area contributed by atoms with Crippen LogP contribution in [0.4, 0.5) is 5.69 Å². The van der Waals surface area contributed by atoms with Crippen molar-refractivity contribution in [3.63, 3.8) is 0 Å². The number of anilines is 1. The predicted molar refractivity (Wildman–Crippen MR) is 92.5 cm³/mol. The second-order valence-corrected chi connectivity index (χ2v) is 6.47. The summed E-state index contributed by atoms with van der Waals surface area (Å²) in [6.07, 6.45) is 2.33. The summed E-state index contributed by atoms with van der Waals surface area (Å²) < 4.78 is 0. The van der Waals surface area contributed by atoms with E-state index in [4.69, 9.17) is 11.6 Å². The Morgan fingerprint density at radius 1 is 1.36 bits per heavy atom. The minimum atomic E-state index is 0.0375. The van der Waals surface area contributed by atoms with Crippen molar-refractivity contribution < 1.29 is 4.79 Å². The molecule has 1 aromatic carbocycles. The number of likely N-dealkylation sites (tertiary alicyclic amines) is 1. The van der Waals surface area contributed by atoms with Crippen LogP contribution in [0.3, 0.4) is 0 Å². The lowest BCUT2D eigenvalue weighted by molar-refractivity contribution is -0.117. The van der Waals surface area contributed by atoms with Gasteiger partial charge in [0.2, 0.25) is 5.91 Å². The van der Waals surface area contributed by atoms with Crippen LogP contribution < -0.4 is 10.6 Å². The number of aryl methyl sites for hydroxylation is 1. The van der Waals surface area contributed by atoms with Crippen molar-refractivity contribution in [2.45, 2.75) is 26.7 Å². The molecule has 1 amide bonds. The summed E-state index contributed by atoms with van der Waals surface area (Å²) in [6.45, 7) is 8.69. The smallest absolute Gasteiger partial charge is 0.238 e. The Bertz CT molecular complexity index is 499. The molecule has 2 rings (SSSR count). The third-order valence-electron chi connectivity index (χ3n) is 4.23. The van der Waals surface area contributed by atoms with E-state index in [1.54, 1.807) is 6.07 Å². The standard InChI is InChI=1S/C17H26ClN3O/c1-3-19-11-14-6-8-21(9-7-14)12-17(22)20-16-10-15(18)5-4-13(16)2/h4-5,10,14,19H,3,6-9,11-12H2,1-2H3,(H,20,22). The van der Waals surface area contributed by atoms with E-state index in [1.807, 2.05) is 19.1 Å². The van der Waals surface area contributed by atoms with Gasteiger partial charge in [-0.3, -0.25) is 9.69 Å². The van der Waals surface area contributed by atoms with Gasteiger partial charge in [0.1, 0.15) is 0 Å². The molecule has 0 bridgehead atoms. The van der Waals surface area contributed by atoms with Crippen molar-refractivity contribution >= 4 is 23.2 Å². The van der Waals surface area contributed by atoms with Crippen molar-refractivity contribution in [3.05, 3.63) is 28.8 Å². The first-order chi connectivity index (χ1) is 10.6. The average molecular weight is 324 g/mol. The van der Waals surface area contributed by atoms with Crippen LogP contribution in [-0.4, -0.2) is 43.5 Å². The van der Waals surface area contributed by atoms with E-state index < -0.39 is 0 Å². The molecule has 0 atom stereocenters. The van der Waals surface area contributed by atoms with Gasteiger partial charge in [-0.25, -0.2) is 0 Å². The number of carbonyl (C=O) groups excluding carboxylic acids is 1. The maximum atomic E-state index is 12.2. The van der Waals surface area contributed by atoms with Gasteiger partial charge in [0, 0.05) is 10.7 Å².